The molecule has 0 aliphatic carbocycles. The van der Waals surface area contributed by atoms with Crippen LogP contribution in [0, 0.1) is 11.7 Å². The maximum atomic E-state index is 13.5. The van der Waals surface area contributed by atoms with Crippen LogP contribution in [0.5, 0.6) is 0 Å². The number of amides is 1. The second-order valence-corrected chi connectivity index (χ2v) is 4.72. The van der Waals surface area contributed by atoms with Crippen LogP contribution in [0.25, 0.3) is 0 Å². The summed E-state index contributed by atoms with van der Waals surface area (Å²) in [5.41, 5.74) is 2.54. The first kappa shape index (κ1) is 14.4. The molecule has 0 atom stereocenters. The van der Waals surface area contributed by atoms with Crippen LogP contribution in [-0.2, 0) is 0 Å². The van der Waals surface area contributed by atoms with E-state index in [1.807, 2.05) is 0 Å². The van der Waals surface area contributed by atoms with Crippen molar-refractivity contribution in [3.05, 3.63) is 29.6 Å². The molecule has 0 aliphatic rings. The van der Waals surface area contributed by atoms with Gasteiger partial charge >= 0.3 is 0 Å². The molecule has 5 heteroatoms. The quantitative estimate of drug-likeness (QED) is 0.625. The van der Waals surface area contributed by atoms with Crippen molar-refractivity contribution >= 4 is 11.6 Å². The van der Waals surface area contributed by atoms with Crippen molar-refractivity contribution in [3.63, 3.8) is 0 Å². The van der Waals surface area contributed by atoms with Crippen LogP contribution >= 0.6 is 0 Å². The minimum Gasteiger partial charge on any atom is -0.342 e. The van der Waals surface area contributed by atoms with Gasteiger partial charge in [0.25, 0.3) is 5.91 Å². The molecule has 1 amide bonds. The number of nitrogens with one attached hydrogen (secondary N) is 1. The molecule has 0 aliphatic heterocycles. The summed E-state index contributed by atoms with van der Waals surface area (Å²) in [6.07, 6.45) is 0.906. The molecule has 0 radical (unpaired) electrons. The Kier molecular flexibility index (Phi) is 5.09. The molecular weight excluding hydrogens is 233 g/mol. The Hall–Kier alpha value is -1.62. The highest BCUT2D eigenvalue weighted by Crippen LogP contribution is 2.20. The summed E-state index contributed by atoms with van der Waals surface area (Å²) >= 11 is 0. The molecule has 0 heterocycles. The molecule has 18 heavy (non-hydrogen) atoms. The first-order chi connectivity index (χ1) is 8.47. The smallest absolute Gasteiger partial charge is 0.255 e. The van der Waals surface area contributed by atoms with Crippen molar-refractivity contribution < 1.29 is 9.18 Å². The monoisotopic (exact) mass is 253 g/mol. The summed E-state index contributed by atoms with van der Waals surface area (Å²) in [6, 6.07) is 4.33. The average molecular weight is 253 g/mol. The first-order valence-electron chi connectivity index (χ1n) is 5.98. The molecule has 0 aromatic heterocycles. The van der Waals surface area contributed by atoms with E-state index in [1.165, 1.54) is 12.1 Å². The predicted molar refractivity (Wildman–Crippen MR) is 70.6 cm³/mol. The number of halogens is 1. The number of hydrogen-bond donors (Lipinski definition) is 2. The van der Waals surface area contributed by atoms with Crippen molar-refractivity contribution in [2.45, 2.75) is 20.3 Å². The predicted octanol–water partition coefficient (Wildman–Crippen LogP) is 2.23. The Balaban J connectivity index is 2.86. The minimum absolute atomic E-state index is 0.0406. The van der Waals surface area contributed by atoms with E-state index < -0.39 is 5.82 Å². The largest absolute Gasteiger partial charge is 0.342 e. The lowest BCUT2D eigenvalue weighted by Crippen LogP contribution is -2.29. The number of para-hydroxylation sites is 1. The topological polar surface area (TPSA) is 58.4 Å². The number of nitrogens with zero attached hydrogens (tertiary/aromatic N) is 1. The highest BCUT2D eigenvalue weighted by atomic mass is 19.1. The number of carbonyl (C=O) groups excluding carboxylic acids is 1. The molecule has 0 saturated heterocycles. The van der Waals surface area contributed by atoms with Gasteiger partial charge in [0, 0.05) is 13.6 Å². The van der Waals surface area contributed by atoms with Crippen molar-refractivity contribution in [1.82, 2.24) is 4.90 Å². The van der Waals surface area contributed by atoms with E-state index in [4.69, 9.17) is 5.84 Å². The van der Waals surface area contributed by atoms with Crippen molar-refractivity contribution in [2.24, 2.45) is 11.8 Å². The van der Waals surface area contributed by atoms with Gasteiger partial charge in [0.2, 0.25) is 0 Å². The van der Waals surface area contributed by atoms with E-state index in [1.54, 1.807) is 18.0 Å². The van der Waals surface area contributed by atoms with Crippen molar-refractivity contribution in [3.8, 4) is 0 Å². The Labute approximate surface area is 107 Å². The van der Waals surface area contributed by atoms with Gasteiger partial charge in [-0.25, -0.2) is 4.39 Å². The molecular formula is C13H20FN3O. The summed E-state index contributed by atoms with van der Waals surface area (Å²) in [5.74, 6) is 5.00. The number of hydrogen-bond acceptors (Lipinski definition) is 3. The maximum absolute atomic E-state index is 13.5. The van der Waals surface area contributed by atoms with E-state index in [2.05, 4.69) is 19.3 Å². The van der Waals surface area contributed by atoms with Gasteiger partial charge in [-0.2, -0.15) is 0 Å². The molecule has 100 valence electrons. The van der Waals surface area contributed by atoms with Gasteiger partial charge in [-0.3, -0.25) is 10.6 Å². The maximum Gasteiger partial charge on any atom is 0.255 e. The van der Waals surface area contributed by atoms with Gasteiger partial charge in [-0.1, -0.05) is 19.9 Å². The summed E-state index contributed by atoms with van der Waals surface area (Å²) in [4.78, 5) is 13.7. The molecule has 1 aromatic carbocycles. The zero-order chi connectivity index (χ0) is 13.7. The van der Waals surface area contributed by atoms with Gasteiger partial charge < -0.3 is 10.3 Å². The fraction of sp³-hybridized carbons (Fsp3) is 0.462. The Morgan fingerprint density at radius 2 is 2.17 bits per heavy atom. The zero-order valence-corrected chi connectivity index (χ0v) is 11.0. The van der Waals surface area contributed by atoms with Crippen LogP contribution < -0.4 is 11.3 Å². The number of nitrogen functional groups attached to an aromatic ring is 1. The lowest BCUT2D eigenvalue weighted by molar-refractivity contribution is 0.0789. The van der Waals surface area contributed by atoms with Crippen molar-refractivity contribution in [1.29, 1.82) is 0 Å². The van der Waals surface area contributed by atoms with E-state index in [0.717, 1.165) is 6.42 Å². The molecule has 1 aromatic rings. The number of anilines is 1. The van der Waals surface area contributed by atoms with Gasteiger partial charge in [0.05, 0.1) is 11.3 Å². The van der Waals surface area contributed by atoms with Crippen LogP contribution in [-0.4, -0.2) is 24.4 Å². The fourth-order valence-electron chi connectivity index (χ4n) is 1.61. The molecule has 3 N–H and O–H groups in total. The third-order valence-electron chi connectivity index (χ3n) is 2.78. The Morgan fingerprint density at radius 3 is 2.72 bits per heavy atom. The summed E-state index contributed by atoms with van der Waals surface area (Å²) in [7, 11) is 1.70. The van der Waals surface area contributed by atoms with E-state index in [-0.39, 0.29) is 17.2 Å². The van der Waals surface area contributed by atoms with E-state index in [9.17, 15) is 9.18 Å². The minimum atomic E-state index is -0.527. The van der Waals surface area contributed by atoms with Gasteiger partial charge in [0.15, 0.2) is 0 Å². The van der Waals surface area contributed by atoms with Gasteiger partial charge in [0.1, 0.15) is 5.82 Å². The number of nitrogens with two attached hydrogens (primary N) is 1. The van der Waals surface area contributed by atoms with Crippen LogP contribution in [0.1, 0.15) is 30.6 Å². The molecule has 0 bridgehead atoms. The lowest BCUT2D eigenvalue weighted by Gasteiger charge is -2.20. The second-order valence-electron chi connectivity index (χ2n) is 4.72. The lowest BCUT2D eigenvalue weighted by atomic mass is 10.1. The number of hydrazine groups is 1. The van der Waals surface area contributed by atoms with Crippen LogP contribution in [0.2, 0.25) is 0 Å². The van der Waals surface area contributed by atoms with E-state index >= 15 is 0 Å². The highest BCUT2D eigenvalue weighted by Gasteiger charge is 2.17. The molecule has 0 unspecified atom stereocenters. The van der Waals surface area contributed by atoms with Gasteiger partial charge in [-0.15, -0.1) is 0 Å². The number of carbonyl (C=O) groups is 1. The number of rotatable bonds is 5. The average Bonchev–Trinajstić information content (AvgIpc) is 2.34. The highest BCUT2D eigenvalue weighted by molar-refractivity contribution is 5.99. The van der Waals surface area contributed by atoms with Crippen LogP contribution in [0.4, 0.5) is 10.1 Å². The first-order valence-corrected chi connectivity index (χ1v) is 5.98. The normalized spacial score (nSPS) is 10.6. The standard InChI is InChI=1S/C13H20FN3O/c1-9(2)7-8-17(3)13(18)10-5-4-6-11(14)12(10)16-15/h4-6,9,16H,7-8,15H2,1-3H3. The SMILES string of the molecule is CC(C)CCN(C)C(=O)c1cccc(F)c1NN. The molecule has 0 spiro atoms. The Bertz CT molecular complexity index is 421. The van der Waals surface area contributed by atoms with Crippen LogP contribution in [0.3, 0.4) is 0 Å². The third-order valence-corrected chi connectivity index (χ3v) is 2.78. The van der Waals surface area contributed by atoms with Crippen LogP contribution in [0.15, 0.2) is 18.2 Å². The van der Waals surface area contributed by atoms with Crippen molar-refractivity contribution in [2.75, 3.05) is 19.0 Å². The molecule has 4 nitrogen and oxygen atoms in total. The second kappa shape index (κ2) is 6.35. The summed E-state index contributed by atoms with van der Waals surface area (Å²) in [6.45, 7) is 4.82. The fourth-order valence-corrected chi connectivity index (χ4v) is 1.61. The molecule has 0 saturated carbocycles. The zero-order valence-electron chi connectivity index (χ0n) is 11.0. The summed E-state index contributed by atoms with van der Waals surface area (Å²) < 4.78 is 13.5. The Morgan fingerprint density at radius 1 is 1.50 bits per heavy atom. The molecule has 0 fully saturated rings. The third kappa shape index (κ3) is 3.43. The summed E-state index contributed by atoms with van der Waals surface area (Å²) in [5, 5.41) is 0. The van der Waals surface area contributed by atoms with E-state index in [0.29, 0.717) is 12.5 Å². The van der Waals surface area contributed by atoms with Gasteiger partial charge in [-0.05, 0) is 24.5 Å². The number of benzene rings is 1. The molecule has 1 rings (SSSR count).